The van der Waals surface area contributed by atoms with E-state index in [-0.39, 0.29) is 18.1 Å². The highest BCUT2D eigenvalue weighted by molar-refractivity contribution is 5.76. The lowest BCUT2D eigenvalue weighted by atomic mass is 10.1. The summed E-state index contributed by atoms with van der Waals surface area (Å²) in [5, 5.41) is 3.85. The van der Waals surface area contributed by atoms with E-state index in [4.69, 9.17) is 13.7 Å². The van der Waals surface area contributed by atoms with Gasteiger partial charge in [0.2, 0.25) is 17.6 Å². The molecule has 1 fully saturated rings. The number of aryl methyl sites for hydroxylation is 1. The molecule has 0 aliphatic carbocycles. The lowest BCUT2D eigenvalue weighted by Gasteiger charge is -2.36. The SMILES string of the molecule is CC1CN(C(=O)CCc2nc(-c3ccco3)no2)C(C)CO1. The van der Waals surface area contributed by atoms with Gasteiger partial charge in [-0.1, -0.05) is 5.16 Å². The summed E-state index contributed by atoms with van der Waals surface area (Å²) in [5.41, 5.74) is 0. The number of carbonyl (C=O) groups is 1. The first kappa shape index (κ1) is 14.8. The zero-order chi connectivity index (χ0) is 15.5. The van der Waals surface area contributed by atoms with Gasteiger partial charge in [0.15, 0.2) is 5.76 Å². The highest BCUT2D eigenvalue weighted by atomic mass is 16.5. The molecule has 0 N–H and O–H groups in total. The molecule has 3 heterocycles. The monoisotopic (exact) mass is 305 g/mol. The third-order valence-electron chi connectivity index (χ3n) is 3.69. The number of morpholine rings is 1. The van der Waals surface area contributed by atoms with E-state index in [2.05, 4.69) is 10.1 Å². The lowest BCUT2D eigenvalue weighted by molar-refractivity contribution is -0.143. The van der Waals surface area contributed by atoms with Crippen LogP contribution in [0.15, 0.2) is 27.3 Å². The van der Waals surface area contributed by atoms with Crippen LogP contribution in [0.1, 0.15) is 26.2 Å². The third kappa shape index (κ3) is 3.19. The van der Waals surface area contributed by atoms with Gasteiger partial charge in [-0.3, -0.25) is 4.79 Å². The van der Waals surface area contributed by atoms with Gasteiger partial charge in [0.1, 0.15) is 0 Å². The molecule has 2 atom stereocenters. The van der Waals surface area contributed by atoms with E-state index in [1.807, 2.05) is 18.7 Å². The van der Waals surface area contributed by atoms with Crippen molar-refractivity contribution < 1.29 is 18.5 Å². The van der Waals surface area contributed by atoms with Crippen molar-refractivity contribution in [3.63, 3.8) is 0 Å². The fraction of sp³-hybridized carbons (Fsp3) is 0.533. The van der Waals surface area contributed by atoms with E-state index >= 15 is 0 Å². The van der Waals surface area contributed by atoms with Crippen LogP contribution in [0.3, 0.4) is 0 Å². The van der Waals surface area contributed by atoms with Crippen molar-refractivity contribution >= 4 is 5.91 Å². The lowest BCUT2D eigenvalue weighted by Crippen LogP contribution is -2.50. The molecule has 3 rings (SSSR count). The molecule has 7 nitrogen and oxygen atoms in total. The molecule has 2 aromatic heterocycles. The summed E-state index contributed by atoms with van der Waals surface area (Å²) in [7, 11) is 0. The molecule has 2 unspecified atom stereocenters. The van der Waals surface area contributed by atoms with Gasteiger partial charge in [0, 0.05) is 19.4 Å². The summed E-state index contributed by atoms with van der Waals surface area (Å²) in [6, 6.07) is 3.62. The number of furan rings is 1. The summed E-state index contributed by atoms with van der Waals surface area (Å²) in [6.45, 7) is 5.17. The second-order valence-corrected chi connectivity index (χ2v) is 5.53. The highest BCUT2D eigenvalue weighted by Gasteiger charge is 2.27. The molecule has 0 bridgehead atoms. The van der Waals surface area contributed by atoms with Crippen LogP contribution in [-0.2, 0) is 16.0 Å². The Morgan fingerprint density at radius 1 is 1.45 bits per heavy atom. The summed E-state index contributed by atoms with van der Waals surface area (Å²) in [6.07, 6.45) is 2.40. The maximum Gasteiger partial charge on any atom is 0.238 e. The zero-order valence-corrected chi connectivity index (χ0v) is 12.7. The van der Waals surface area contributed by atoms with E-state index in [0.29, 0.717) is 43.5 Å². The fourth-order valence-corrected chi connectivity index (χ4v) is 2.47. The maximum atomic E-state index is 12.3. The Balaban J connectivity index is 1.57. The summed E-state index contributed by atoms with van der Waals surface area (Å²) in [4.78, 5) is 18.4. The van der Waals surface area contributed by atoms with Crippen molar-refractivity contribution in [1.82, 2.24) is 15.0 Å². The van der Waals surface area contributed by atoms with Crippen molar-refractivity contribution in [3.8, 4) is 11.6 Å². The number of rotatable bonds is 4. The van der Waals surface area contributed by atoms with Crippen molar-refractivity contribution in [2.24, 2.45) is 0 Å². The van der Waals surface area contributed by atoms with Crippen LogP contribution >= 0.6 is 0 Å². The van der Waals surface area contributed by atoms with Crippen LogP contribution in [0, 0.1) is 0 Å². The van der Waals surface area contributed by atoms with Crippen LogP contribution in [0.5, 0.6) is 0 Å². The molecule has 1 amide bonds. The standard InChI is InChI=1S/C15H19N3O4/c1-10-9-21-11(2)8-18(10)14(19)6-5-13-16-15(17-22-13)12-4-3-7-20-12/h3-4,7,10-11H,5-6,8-9H2,1-2H3. The van der Waals surface area contributed by atoms with Crippen molar-refractivity contribution in [1.29, 1.82) is 0 Å². The molecule has 118 valence electrons. The number of aromatic nitrogens is 2. The Morgan fingerprint density at radius 3 is 3.09 bits per heavy atom. The van der Waals surface area contributed by atoms with E-state index in [0.717, 1.165) is 0 Å². The quantitative estimate of drug-likeness (QED) is 0.858. The summed E-state index contributed by atoms with van der Waals surface area (Å²) in [5.74, 6) is 1.48. The summed E-state index contributed by atoms with van der Waals surface area (Å²) < 4.78 is 15.9. The molecule has 0 spiro atoms. The number of ether oxygens (including phenoxy) is 1. The predicted molar refractivity (Wildman–Crippen MR) is 76.9 cm³/mol. The Bertz CT molecular complexity index is 623. The Morgan fingerprint density at radius 2 is 2.32 bits per heavy atom. The van der Waals surface area contributed by atoms with E-state index in [1.54, 1.807) is 18.4 Å². The normalized spacial score (nSPS) is 22.0. The average Bonchev–Trinajstić information content (AvgIpc) is 3.17. The average molecular weight is 305 g/mol. The Kier molecular flexibility index (Phi) is 4.24. The molecular formula is C15H19N3O4. The van der Waals surface area contributed by atoms with Gasteiger partial charge in [-0.05, 0) is 26.0 Å². The number of amides is 1. The minimum Gasteiger partial charge on any atom is -0.461 e. The van der Waals surface area contributed by atoms with E-state index in [1.165, 1.54) is 0 Å². The molecular weight excluding hydrogens is 286 g/mol. The third-order valence-corrected chi connectivity index (χ3v) is 3.69. The van der Waals surface area contributed by atoms with Gasteiger partial charge < -0.3 is 18.6 Å². The van der Waals surface area contributed by atoms with E-state index in [9.17, 15) is 4.79 Å². The largest absolute Gasteiger partial charge is 0.461 e. The van der Waals surface area contributed by atoms with Crippen molar-refractivity contribution in [2.75, 3.05) is 13.2 Å². The number of nitrogens with zero attached hydrogens (tertiary/aromatic N) is 3. The second kappa shape index (κ2) is 6.31. The maximum absolute atomic E-state index is 12.3. The van der Waals surface area contributed by atoms with Crippen molar-refractivity contribution in [3.05, 3.63) is 24.3 Å². The molecule has 22 heavy (non-hydrogen) atoms. The van der Waals surface area contributed by atoms with Gasteiger partial charge in [-0.15, -0.1) is 0 Å². The van der Waals surface area contributed by atoms with Gasteiger partial charge in [-0.2, -0.15) is 4.98 Å². The molecule has 2 aromatic rings. The Hall–Kier alpha value is -2.15. The van der Waals surface area contributed by atoms with Crippen molar-refractivity contribution in [2.45, 2.75) is 38.8 Å². The minimum absolute atomic E-state index is 0.0779. The minimum atomic E-state index is 0.0779. The molecule has 1 aliphatic rings. The Labute approximate surface area is 128 Å². The summed E-state index contributed by atoms with van der Waals surface area (Å²) >= 11 is 0. The first-order valence-corrected chi connectivity index (χ1v) is 7.41. The molecule has 1 aliphatic heterocycles. The molecule has 0 aromatic carbocycles. The van der Waals surface area contributed by atoms with Crippen LogP contribution in [0.4, 0.5) is 0 Å². The van der Waals surface area contributed by atoms with Gasteiger partial charge in [0.05, 0.1) is 25.0 Å². The first-order valence-electron chi connectivity index (χ1n) is 7.41. The molecule has 7 heteroatoms. The predicted octanol–water partition coefficient (Wildman–Crippen LogP) is 1.90. The van der Waals surface area contributed by atoms with Crippen LogP contribution < -0.4 is 0 Å². The number of carbonyl (C=O) groups excluding carboxylic acids is 1. The molecule has 1 saturated heterocycles. The zero-order valence-electron chi connectivity index (χ0n) is 12.7. The van der Waals surface area contributed by atoms with Crippen LogP contribution in [0.25, 0.3) is 11.6 Å². The smallest absolute Gasteiger partial charge is 0.238 e. The molecule has 0 saturated carbocycles. The van der Waals surface area contributed by atoms with Crippen LogP contribution in [0.2, 0.25) is 0 Å². The highest BCUT2D eigenvalue weighted by Crippen LogP contribution is 2.17. The van der Waals surface area contributed by atoms with Gasteiger partial charge >= 0.3 is 0 Å². The van der Waals surface area contributed by atoms with Crippen LogP contribution in [-0.4, -0.2) is 46.2 Å². The topological polar surface area (TPSA) is 81.6 Å². The number of hydrogen-bond donors (Lipinski definition) is 0. The second-order valence-electron chi connectivity index (χ2n) is 5.53. The first-order chi connectivity index (χ1) is 10.6. The van der Waals surface area contributed by atoms with E-state index < -0.39 is 0 Å². The fourth-order valence-electron chi connectivity index (χ4n) is 2.47. The van der Waals surface area contributed by atoms with Gasteiger partial charge in [0.25, 0.3) is 0 Å². The molecule has 0 radical (unpaired) electrons. The number of hydrogen-bond acceptors (Lipinski definition) is 6. The van der Waals surface area contributed by atoms with Gasteiger partial charge in [-0.25, -0.2) is 0 Å².